The summed E-state index contributed by atoms with van der Waals surface area (Å²) in [5, 5.41) is 2.20. The fourth-order valence-corrected chi connectivity index (χ4v) is 4.74. The van der Waals surface area contributed by atoms with Gasteiger partial charge in [0.2, 0.25) is 0 Å². The monoisotopic (exact) mass is 470 g/mol. The number of rotatable bonds is 6. The molecule has 6 rings (SSSR count). The Morgan fingerprint density at radius 2 is 1.56 bits per heavy atom. The van der Waals surface area contributed by atoms with Gasteiger partial charge in [-0.25, -0.2) is 4.98 Å². The maximum atomic E-state index is 6.26. The molecule has 3 aromatic heterocycles. The molecule has 3 heterocycles. The standard InChI is InChI=1S/C31H26N4O/c1-21-4-3-5-22(2)28(21)19-35-30-17-25(24-10-13-32-14-11-24)7-9-29(30)34-31(35)20-36-27-8-6-23-12-15-33-18-26(23)16-27/h3-18H,19-20H2,1-2H3. The summed E-state index contributed by atoms with van der Waals surface area (Å²) < 4.78 is 8.55. The van der Waals surface area contributed by atoms with E-state index in [1.54, 1.807) is 6.20 Å². The van der Waals surface area contributed by atoms with Crippen LogP contribution >= 0.6 is 0 Å². The van der Waals surface area contributed by atoms with Gasteiger partial charge in [-0.3, -0.25) is 9.97 Å². The maximum Gasteiger partial charge on any atom is 0.148 e. The summed E-state index contributed by atoms with van der Waals surface area (Å²) in [5.41, 5.74) is 8.18. The van der Waals surface area contributed by atoms with E-state index in [9.17, 15) is 0 Å². The summed E-state index contributed by atoms with van der Waals surface area (Å²) in [6, 6.07) is 25.1. The minimum absolute atomic E-state index is 0.371. The predicted octanol–water partition coefficient (Wildman–Crippen LogP) is 6.89. The minimum atomic E-state index is 0.371. The van der Waals surface area contributed by atoms with Crippen LogP contribution in [0, 0.1) is 13.8 Å². The van der Waals surface area contributed by atoms with Crippen molar-refractivity contribution in [1.82, 2.24) is 19.5 Å². The third-order valence-corrected chi connectivity index (χ3v) is 6.78. The summed E-state index contributed by atoms with van der Waals surface area (Å²) in [7, 11) is 0. The van der Waals surface area contributed by atoms with Crippen LogP contribution in [-0.4, -0.2) is 19.5 Å². The normalized spacial score (nSPS) is 11.3. The number of aromatic nitrogens is 4. The molecular weight excluding hydrogens is 444 g/mol. The van der Waals surface area contributed by atoms with E-state index in [0.717, 1.165) is 51.1 Å². The van der Waals surface area contributed by atoms with Gasteiger partial charge in [-0.1, -0.05) is 30.3 Å². The largest absolute Gasteiger partial charge is 0.486 e. The van der Waals surface area contributed by atoms with E-state index in [1.165, 1.54) is 16.7 Å². The van der Waals surface area contributed by atoms with Gasteiger partial charge in [0.1, 0.15) is 18.2 Å². The van der Waals surface area contributed by atoms with Gasteiger partial charge in [-0.2, -0.15) is 0 Å². The second-order valence-electron chi connectivity index (χ2n) is 9.10. The van der Waals surface area contributed by atoms with Crippen LogP contribution in [0.3, 0.4) is 0 Å². The van der Waals surface area contributed by atoms with Crippen molar-refractivity contribution in [1.29, 1.82) is 0 Å². The second kappa shape index (κ2) is 9.27. The van der Waals surface area contributed by atoms with Crippen LogP contribution in [0.15, 0.2) is 97.6 Å². The summed E-state index contributed by atoms with van der Waals surface area (Å²) in [6.07, 6.45) is 7.32. The molecule has 0 radical (unpaired) electrons. The van der Waals surface area contributed by atoms with E-state index in [2.05, 4.69) is 70.8 Å². The van der Waals surface area contributed by atoms with E-state index in [4.69, 9.17) is 9.72 Å². The second-order valence-corrected chi connectivity index (χ2v) is 9.10. The fourth-order valence-electron chi connectivity index (χ4n) is 4.74. The third-order valence-electron chi connectivity index (χ3n) is 6.78. The van der Waals surface area contributed by atoms with Crippen molar-refractivity contribution in [3.05, 3.63) is 120 Å². The first-order chi connectivity index (χ1) is 17.7. The molecule has 0 unspecified atom stereocenters. The number of fused-ring (bicyclic) bond motifs is 2. The average Bonchev–Trinajstić information content (AvgIpc) is 3.26. The highest BCUT2D eigenvalue weighted by atomic mass is 16.5. The Morgan fingerprint density at radius 1 is 0.750 bits per heavy atom. The molecule has 6 aromatic rings. The molecule has 0 amide bonds. The van der Waals surface area contributed by atoms with Crippen LogP contribution in [-0.2, 0) is 13.2 Å². The number of aryl methyl sites for hydroxylation is 2. The zero-order valence-electron chi connectivity index (χ0n) is 20.3. The molecule has 0 spiro atoms. The van der Waals surface area contributed by atoms with E-state index in [1.807, 2.05) is 48.9 Å². The highest BCUT2D eigenvalue weighted by molar-refractivity contribution is 5.83. The Morgan fingerprint density at radius 3 is 2.39 bits per heavy atom. The quantitative estimate of drug-likeness (QED) is 0.266. The van der Waals surface area contributed by atoms with E-state index in [-0.39, 0.29) is 0 Å². The molecule has 0 aliphatic heterocycles. The average molecular weight is 471 g/mol. The van der Waals surface area contributed by atoms with E-state index < -0.39 is 0 Å². The molecule has 0 bridgehead atoms. The van der Waals surface area contributed by atoms with Crippen molar-refractivity contribution in [2.45, 2.75) is 27.0 Å². The Balaban J connectivity index is 1.41. The van der Waals surface area contributed by atoms with Crippen LogP contribution in [0.5, 0.6) is 5.75 Å². The lowest BCUT2D eigenvalue weighted by molar-refractivity contribution is 0.291. The lowest BCUT2D eigenvalue weighted by atomic mass is 10.0. The van der Waals surface area contributed by atoms with Gasteiger partial charge < -0.3 is 9.30 Å². The first-order valence-electron chi connectivity index (χ1n) is 12.1. The molecule has 0 aliphatic rings. The zero-order chi connectivity index (χ0) is 24.5. The first-order valence-corrected chi connectivity index (χ1v) is 12.1. The smallest absolute Gasteiger partial charge is 0.148 e. The minimum Gasteiger partial charge on any atom is -0.486 e. The van der Waals surface area contributed by atoms with Crippen molar-refractivity contribution < 1.29 is 4.74 Å². The van der Waals surface area contributed by atoms with Crippen molar-refractivity contribution in [3.63, 3.8) is 0 Å². The zero-order valence-corrected chi connectivity index (χ0v) is 20.3. The van der Waals surface area contributed by atoms with Crippen LogP contribution in [0.25, 0.3) is 32.9 Å². The third kappa shape index (κ3) is 4.20. The van der Waals surface area contributed by atoms with Crippen LogP contribution in [0.4, 0.5) is 0 Å². The molecule has 0 saturated carbocycles. The van der Waals surface area contributed by atoms with E-state index >= 15 is 0 Å². The molecule has 176 valence electrons. The topological polar surface area (TPSA) is 52.8 Å². The Kier molecular flexibility index (Phi) is 5.66. The van der Waals surface area contributed by atoms with Gasteiger partial charge in [0.25, 0.3) is 0 Å². The van der Waals surface area contributed by atoms with Crippen molar-refractivity contribution in [2.75, 3.05) is 0 Å². The Bertz CT molecular complexity index is 1670. The molecule has 0 saturated heterocycles. The maximum absolute atomic E-state index is 6.26. The highest BCUT2D eigenvalue weighted by Crippen LogP contribution is 2.28. The SMILES string of the molecule is Cc1cccc(C)c1Cn1c(COc2ccc3ccncc3c2)nc2ccc(-c3ccncc3)cc21. The molecule has 0 atom stereocenters. The number of hydrogen-bond donors (Lipinski definition) is 0. The number of nitrogens with zero attached hydrogens (tertiary/aromatic N) is 4. The number of benzene rings is 3. The van der Waals surface area contributed by atoms with Gasteiger partial charge in [-0.15, -0.1) is 0 Å². The Hall–Kier alpha value is -4.51. The van der Waals surface area contributed by atoms with Crippen molar-refractivity contribution in [2.24, 2.45) is 0 Å². The summed E-state index contributed by atoms with van der Waals surface area (Å²) >= 11 is 0. The molecule has 36 heavy (non-hydrogen) atoms. The summed E-state index contributed by atoms with van der Waals surface area (Å²) in [4.78, 5) is 13.4. The first kappa shape index (κ1) is 22.0. The predicted molar refractivity (Wildman–Crippen MR) is 144 cm³/mol. The van der Waals surface area contributed by atoms with Crippen molar-refractivity contribution >= 4 is 21.8 Å². The highest BCUT2D eigenvalue weighted by Gasteiger charge is 2.15. The molecule has 0 aliphatic carbocycles. The fraction of sp³-hybridized carbons (Fsp3) is 0.129. The molecule has 5 heteroatoms. The molecule has 5 nitrogen and oxygen atoms in total. The van der Waals surface area contributed by atoms with Crippen LogP contribution in [0.2, 0.25) is 0 Å². The number of ether oxygens (including phenoxy) is 1. The number of hydrogen-bond acceptors (Lipinski definition) is 4. The van der Waals surface area contributed by atoms with Crippen LogP contribution < -0.4 is 4.74 Å². The lowest BCUT2D eigenvalue weighted by Gasteiger charge is -2.15. The van der Waals surface area contributed by atoms with Gasteiger partial charge in [-0.05, 0) is 89.5 Å². The van der Waals surface area contributed by atoms with Gasteiger partial charge in [0.05, 0.1) is 11.0 Å². The van der Waals surface area contributed by atoms with E-state index in [0.29, 0.717) is 6.61 Å². The van der Waals surface area contributed by atoms with Gasteiger partial charge in [0, 0.05) is 36.7 Å². The lowest BCUT2D eigenvalue weighted by Crippen LogP contribution is -2.10. The Labute approximate surface area is 210 Å². The molecule has 3 aromatic carbocycles. The summed E-state index contributed by atoms with van der Waals surface area (Å²) in [6.45, 7) is 5.44. The van der Waals surface area contributed by atoms with Gasteiger partial charge in [0.15, 0.2) is 0 Å². The van der Waals surface area contributed by atoms with Gasteiger partial charge >= 0.3 is 0 Å². The van der Waals surface area contributed by atoms with Crippen LogP contribution in [0.1, 0.15) is 22.5 Å². The number of pyridine rings is 2. The molecular formula is C31H26N4O. The van der Waals surface area contributed by atoms with Crippen molar-refractivity contribution in [3.8, 4) is 16.9 Å². The molecule has 0 N–H and O–H groups in total. The summed E-state index contributed by atoms with van der Waals surface area (Å²) in [5.74, 6) is 1.70. The molecule has 0 fully saturated rings. The number of imidazole rings is 1.